The van der Waals surface area contributed by atoms with Gasteiger partial charge in [0.05, 0.1) is 4.92 Å². The normalized spacial score (nSPS) is 10.1. The van der Waals surface area contributed by atoms with Gasteiger partial charge in [0.1, 0.15) is 11.6 Å². The highest BCUT2D eigenvalue weighted by Crippen LogP contribution is 2.32. The fraction of sp³-hybridized carbons (Fsp3) is 0. The van der Waals surface area contributed by atoms with Crippen molar-refractivity contribution in [2.24, 2.45) is 5.73 Å². The van der Waals surface area contributed by atoms with E-state index in [-0.39, 0.29) is 17.1 Å². The fourth-order valence-electron chi connectivity index (χ4n) is 1.53. The van der Waals surface area contributed by atoms with Crippen molar-refractivity contribution in [2.75, 3.05) is 0 Å². The van der Waals surface area contributed by atoms with Crippen LogP contribution in [0.4, 0.5) is 10.1 Å². The van der Waals surface area contributed by atoms with Crippen LogP contribution in [0.25, 0.3) is 0 Å². The van der Waals surface area contributed by atoms with E-state index in [1.807, 2.05) is 0 Å². The van der Waals surface area contributed by atoms with Gasteiger partial charge < -0.3 is 10.5 Å². The van der Waals surface area contributed by atoms with Crippen LogP contribution in [0.1, 0.15) is 10.4 Å². The lowest BCUT2D eigenvalue weighted by atomic mass is 10.2. The lowest BCUT2D eigenvalue weighted by Crippen LogP contribution is -2.11. The predicted octanol–water partition coefficient (Wildman–Crippen LogP) is 2.63. The Morgan fingerprint density at radius 2 is 1.85 bits per heavy atom. The monoisotopic (exact) mass is 276 g/mol. The van der Waals surface area contributed by atoms with Gasteiger partial charge in [-0.05, 0) is 36.4 Å². The molecule has 0 aliphatic heterocycles. The minimum atomic E-state index is -0.776. The molecule has 102 valence electrons. The molecule has 0 fully saturated rings. The Bertz CT molecular complexity index is 671. The van der Waals surface area contributed by atoms with Crippen molar-refractivity contribution >= 4 is 11.6 Å². The van der Waals surface area contributed by atoms with E-state index in [0.29, 0.717) is 0 Å². The van der Waals surface area contributed by atoms with Gasteiger partial charge in [-0.25, -0.2) is 4.39 Å². The number of halogens is 1. The molecule has 6 nitrogen and oxygen atoms in total. The minimum absolute atomic E-state index is 0.00292. The van der Waals surface area contributed by atoms with Crippen LogP contribution < -0.4 is 10.5 Å². The molecule has 0 saturated heterocycles. The Morgan fingerprint density at radius 3 is 2.40 bits per heavy atom. The van der Waals surface area contributed by atoms with Crippen LogP contribution in [0, 0.1) is 15.9 Å². The zero-order valence-electron chi connectivity index (χ0n) is 10.1. The highest BCUT2D eigenvalue weighted by Gasteiger charge is 2.18. The Labute approximate surface area is 112 Å². The summed E-state index contributed by atoms with van der Waals surface area (Å²) in [5.41, 5.74) is 4.66. The first-order valence-corrected chi connectivity index (χ1v) is 5.49. The molecule has 0 saturated carbocycles. The first-order chi connectivity index (χ1) is 9.47. The maximum absolute atomic E-state index is 12.8. The first kappa shape index (κ1) is 13.5. The number of nitro benzene ring substituents is 1. The van der Waals surface area contributed by atoms with E-state index in [0.717, 1.165) is 6.07 Å². The van der Waals surface area contributed by atoms with Gasteiger partial charge >= 0.3 is 5.69 Å². The van der Waals surface area contributed by atoms with Gasteiger partial charge in [0.15, 0.2) is 0 Å². The van der Waals surface area contributed by atoms with Crippen molar-refractivity contribution in [1.29, 1.82) is 0 Å². The molecule has 0 atom stereocenters. The lowest BCUT2D eigenvalue weighted by molar-refractivity contribution is -0.385. The molecule has 0 aliphatic carbocycles. The van der Waals surface area contributed by atoms with Gasteiger partial charge in [0, 0.05) is 11.6 Å². The Morgan fingerprint density at radius 1 is 1.20 bits per heavy atom. The number of nitrogens with zero attached hydrogens (tertiary/aromatic N) is 1. The predicted molar refractivity (Wildman–Crippen MR) is 68.1 cm³/mol. The molecule has 2 rings (SSSR count). The van der Waals surface area contributed by atoms with Gasteiger partial charge in [-0.2, -0.15) is 0 Å². The number of carbonyl (C=O) groups is 1. The number of hydrogen-bond acceptors (Lipinski definition) is 4. The maximum Gasteiger partial charge on any atom is 0.312 e. The van der Waals surface area contributed by atoms with Crippen molar-refractivity contribution in [2.45, 2.75) is 0 Å². The number of nitro groups is 1. The lowest BCUT2D eigenvalue weighted by Gasteiger charge is -2.07. The number of primary amides is 1. The van der Waals surface area contributed by atoms with Crippen LogP contribution in [0.3, 0.4) is 0 Å². The number of nitrogens with two attached hydrogens (primary N) is 1. The summed E-state index contributed by atoms with van der Waals surface area (Å²) in [6.45, 7) is 0. The topological polar surface area (TPSA) is 95.5 Å². The largest absolute Gasteiger partial charge is 0.450 e. The number of hydrogen-bond donors (Lipinski definition) is 1. The van der Waals surface area contributed by atoms with Gasteiger partial charge in [0.25, 0.3) is 0 Å². The summed E-state index contributed by atoms with van der Waals surface area (Å²) in [7, 11) is 0. The second kappa shape index (κ2) is 5.35. The SMILES string of the molecule is NC(=O)c1ccc(Oc2ccc(F)cc2)c([N+](=O)[O-])c1. The zero-order chi connectivity index (χ0) is 14.7. The van der Waals surface area contributed by atoms with E-state index < -0.39 is 22.3 Å². The summed E-state index contributed by atoms with van der Waals surface area (Å²) in [5, 5.41) is 11.0. The molecule has 0 unspecified atom stereocenters. The summed E-state index contributed by atoms with van der Waals surface area (Å²) in [6, 6.07) is 8.61. The van der Waals surface area contributed by atoms with Crippen LogP contribution in [0.5, 0.6) is 11.5 Å². The number of amides is 1. The molecule has 0 bridgehead atoms. The number of benzene rings is 2. The molecular weight excluding hydrogens is 267 g/mol. The fourth-order valence-corrected chi connectivity index (χ4v) is 1.53. The Hall–Kier alpha value is -2.96. The standard InChI is InChI=1S/C13H9FN2O4/c14-9-2-4-10(5-3-9)20-12-6-1-8(13(15)17)7-11(12)16(18)19/h1-7H,(H2,15,17). The maximum atomic E-state index is 12.8. The summed E-state index contributed by atoms with van der Waals surface area (Å²) in [4.78, 5) is 21.3. The van der Waals surface area contributed by atoms with Crippen molar-refractivity contribution in [1.82, 2.24) is 0 Å². The Kier molecular flexibility index (Phi) is 3.60. The molecule has 2 N–H and O–H groups in total. The molecule has 20 heavy (non-hydrogen) atoms. The highest BCUT2D eigenvalue weighted by atomic mass is 19.1. The first-order valence-electron chi connectivity index (χ1n) is 5.49. The molecule has 7 heteroatoms. The van der Waals surface area contributed by atoms with Crippen LogP contribution in [-0.4, -0.2) is 10.8 Å². The van der Waals surface area contributed by atoms with Crippen LogP contribution in [0.15, 0.2) is 42.5 Å². The second-order valence-corrected chi connectivity index (χ2v) is 3.86. The van der Waals surface area contributed by atoms with E-state index in [1.165, 1.54) is 36.4 Å². The smallest absolute Gasteiger partial charge is 0.312 e. The van der Waals surface area contributed by atoms with Crippen molar-refractivity contribution in [3.05, 3.63) is 64.0 Å². The molecule has 0 heterocycles. The Balaban J connectivity index is 2.38. The third-order valence-corrected chi connectivity index (χ3v) is 2.48. The molecule has 0 aromatic heterocycles. The summed E-state index contributed by atoms with van der Waals surface area (Å²) in [5.74, 6) is -1.05. The number of ether oxygens (including phenoxy) is 1. The summed E-state index contributed by atoms with van der Waals surface area (Å²) >= 11 is 0. The van der Waals surface area contributed by atoms with Crippen molar-refractivity contribution < 1.29 is 18.8 Å². The highest BCUT2D eigenvalue weighted by molar-refractivity contribution is 5.93. The third kappa shape index (κ3) is 2.89. The molecular formula is C13H9FN2O4. The summed E-state index contributed by atoms with van der Waals surface area (Å²) in [6.07, 6.45) is 0. The quantitative estimate of drug-likeness (QED) is 0.685. The van der Waals surface area contributed by atoms with Crippen LogP contribution in [-0.2, 0) is 0 Å². The summed E-state index contributed by atoms with van der Waals surface area (Å²) < 4.78 is 18.1. The average Bonchev–Trinajstić information content (AvgIpc) is 2.41. The second-order valence-electron chi connectivity index (χ2n) is 3.86. The van der Waals surface area contributed by atoms with Gasteiger partial charge in [0.2, 0.25) is 11.7 Å². The minimum Gasteiger partial charge on any atom is -0.450 e. The van der Waals surface area contributed by atoms with E-state index in [2.05, 4.69) is 0 Å². The zero-order valence-corrected chi connectivity index (χ0v) is 10.1. The molecule has 0 spiro atoms. The van der Waals surface area contributed by atoms with E-state index in [4.69, 9.17) is 10.5 Å². The number of rotatable bonds is 4. The van der Waals surface area contributed by atoms with E-state index in [9.17, 15) is 19.3 Å². The molecule has 2 aromatic rings. The third-order valence-electron chi connectivity index (χ3n) is 2.48. The molecule has 0 radical (unpaired) electrons. The number of carbonyl (C=O) groups excluding carboxylic acids is 1. The van der Waals surface area contributed by atoms with Gasteiger partial charge in [-0.3, -0.25) is 14.9 Å². The van der Waals surface area contributed by atoms with Crippen LogP contribution in [0.2, 0.25) is 0 Å². The average molecular weight is 276 g/mol. The van der Waals surface area contributed by atoms with Crippen LogP contribution >= 0.6 is 0 Å². The van der Waals surface area contributed by atoms with E-state index >= 15 is 0 Å². The molecule has 2 aromatic carbocycles. The van der Waals surface area contributed by atoms with E-state index in [1.54, 1.807) is 0 Å². The van der Waals surface area contributed by atoms with Gasteiger partial charge in [-0.1, -0.05) is 0 Å². The van der Waals surface area contributed by atoms with Gasteiger partial charge in [-0.15, -0.1) is 0 Å². The van der Waals surface area contributed by atoms with Crippen molar-refractivity contribution in [3.8, 4) is 11.5 Å². The molecule has 1 amide bonds. The van der Waals surface area contributed by atoms with Crippen molar-refractivity contribution in [3.63, 3.8) is 0 Å². The molecule has 0 aliphatic rings.